The van der Waals surface area contributed by atoms with E-state index in [-0.39, 0.29) is 11.9 Å². The van der Waals surface area contributed by atoms with Crippen LogP contribution in [0.2, 0.25) is 5.02 Å². The molecule has 0 saturated heterocycles. The largest absolute Gasteiger partial charge is 0.462 e. The lowest BCUT2D eigenvalue weighted by Crippen LogP contribution is -2.25. The van der Waals surface area contributed by atoms with Crippen LogP contribution in [0.4, 0.5) is 5.69 Å². The SMILES string of the molecule is CCOC(=O)c1ccc(N2Cc3ccccc3C2=NC(=O)c2ccc(Cl)cc2)cc1. The standard InChI is InChI=1S/C24H19ClN2O3/c1-2-30-24(29)17-9-13-20(14-10-17)27-15-18-5-3-4-6-21(18)22(27)26-23(28)16-7-11-19(25)12-8-16/h3-14H,2,15H2,1H3. The third-order valence-electron chi connectivity index (χ3n) is 4.83. The van der Waals surface area contributed by atoms with Crippen LogP contribution in [-0.2, 0) is 11.3 Å². The maximum Gasteiger partial charge on any atom is 0.338 e. The van der Waals surface area contributed by atoms with E-state index >= 15 is 0 Å². The summed E-state index contributed by atoms with van der Waals surface area (Å²) in [7, 11) is 0. The van der Waals surface area contributed by atoms with Gasteiger partial charge in [0, 0.05) is 21.8 Å². The first kappa shape index (κ1) is 19.9. The summed E-state index contributed by atoms with van der Waals surface area (Å²) in [5, 5.41) is 0.564. The third kappa shape index (κ3) is 3.98. The molecule has 0 spiro atoms. The van der Waals surface area contributed by atoms with Crippen molar-refractivity contribution in [1.82, 2.24) is 0 Å². The third-order valence-corrected chi connectivity index (χ3v) is 5.08. The number of fused-ring (bicyclic) bond motifs is 1. The first-order valence-electron chi connectivity index (χ1n) is 9.58. The van der Waals surface area contributed by atoms with Crippen molar-refractivity contribution in [2.45, 2.75) is 13.5 Å². The zero-order valence-corrected chi connectivity index (χ0v) is 17.1. The molecule has 0 unspecified atom stereocenters. The van der Waals surface area contributed by atoms with Crippen molar-refractivity contribution in [3.05, 3.63) is 100 Å². The molecular formula is C24H19ClN2O3. The van der Waals surface area contributed by atoms with Crippen LogP contribution in [0.5, 0.6) is 0 Å². The summed E-state index contributed by atoms with van der Waals surface area (Å²) >= 11 is 5.92. The molecule has 4 rings (SSSR count). The van der Waals surface area contributed by atoms with Gasteiger partial charge in [0.1, 0.15) is 5.84 Å². The molecule has 3 aromatic rings. The number of aliphatic imine (C=N–C) groups is 1. The zero-order chi connectivity index (χ0) is 21.1. The molecule has 1 aliphatic heterocycles. The van der Waals surface area contributed by atoms with Gasteiger partial charge in [0.15, 0.2) is 0 Å². The lowest BCUT2D eigenvalue weighted by molar-refractivity contribution is 0.0526. The van der Waals surface area contributed by atoms with E-state index in [1.54, 1.807) is 43.3 Å². The zero-order valence-electron chi connectivity index (χ0n) is 16.3. The molecule has 0 saturated carbocycles. The number of halogens is 1. The predicted molar refractivity (Wildman–Crippen MR) is 117 cm³/mol. The van der Waals surface area contributed by atoms with E-state index in [0.717, 1.165) is 16.8 Å². The molecule has 0 fully saturated rings. The van der Waals surface area contributed by atoms with Crippen LogP contribution in [-0.4, -0.2) is 24.3 Å². The number of amidine groups is 1. The predicted octanol–water partition coefficient (Wildman–Crippen LogP) is 5.12. The van der Waals surface area contributed by atoms with Crippen molar-refractivity contribution < 1.29 is 14.3 Å². The van der Waals surface area contributed by atoms with Crippen molar-refractivity contribution in [2.75, 3.05) is 11.5 Å². The summed E-state index contributed by atoms with van der Waals surface area (Å²) in [5.41, 5.74) is 3.77. The number of rotatable bonds is 4. The van der Waals surface area contributed by atoms with Crippen LogP contribution < -0.4 is 4.90 Å². The Balaban J connectivity index is 1.69. The molecule has 30 heavy (non-hydrogen) atoms. The molecule has 6 heteroatoms. The highest BCUT2D eigenvalue weighted by atomic mass is 35.5. The van der Waals surface area contributed by atoms with Gasteiger partial charge < -0.3 is 9.64 Å². The summed E-state index contributed by atoms with van der Waals surface area (Å²) in [5.74, 6) is -0.124. The number of anilines is 1. The van der Waals surface area contributed by atoms with Gasteiger partial charge in [-0.3, -0.25) is 4.79 Å². The maximum atomic E-state index is 12.8. The highest BCUT2D eigenvalue weighted by molar-refractivity contribution is 6.30. The lowest BCUT2D eigenvalue weighted by atomic mass is 10.1. The van der Waals surface area contributed by atoms with Crippen molar-refractivity contribution in [1.29, 1.82) is 0 Å². The van der Waals surface area contributed by atoms with Crippen LogP contribution in [0, 0.1) is 0 Å². The van der Waals surface area contributed by atoms with E-state index in [1.807, 2.05) is 41.3 Å². The molecule has 0 atom stereocenters. The normalized spacial score (nSPS) is 13.9. The first-order valence-corrected chi connectivity index (χ1v) is 9.96. The molecule has 0 aromatic heterocycles. The Morgan fingerprint density at radius 3 is 2.33 bits per heavy atom. The second kappa shape index (κ2) is 8.51. The molecule has 1 heterocycles. The van der Waals surface area contributed by atoms with Crippen LogP contribution in [0.1, 0.15) is 38.8 Å². The van der Waals surface area contributed by atoms with Gasteiger partial charge in [-0.25, -0.2) is 4.79 Å². The lowest BCUT2D eigenvalue weighted by Gasteiger charge is -2.19. The van der Waals surface area contributed by atoms with Crippen LogP contribution in [0.15, 0.2) is 77.8 Å². The number of benzene rings is 3. The smallest absolute Gasteiger partial charge is 0.338 e. The Morgan fingerprint density at radius 1 is 0.967 bits per heavy atom. The number of amides is 1. The number of nitrogens with zero attached hydrogens (tertiary/aromatic N) is 2. The molecule has 1 aliphatic rings. The van der Waals surface area contributed by atoms with Gasteiger partial charge in [-0.1, -0.05) is 35.9 Å². The number of hydrogen-bond acceptors (Lipinski definition) is 3. The van der Waals surface area contributed by atoms with Crippen molar-refractivity contribution >= 4 is 35.0 Å². The molecule has 0 bridgehead atoms. The van der Waals surface area contributed by atoms with E-state index in [0.29, 0.717) is 35.1 Å². The minimum absolute atomic E-state index is 0.325. The summed E-state index contributed by atoms with van der Waals surface area (Å²) < 4.78 is 5.04. The van der Waals surface area contributed by atoms with Gasteiger partial charge >= 0.3 is 5.97 Å². The fourth-order valence-electron chi connectivity index (χ4n) is 3.35. The molecular weight excluding hydrogens is 400 g/mol. The Hall–Kier alpha value is -3.44. The number of esters is 1. The molecule has 0 N–H and O–H groups in total. The van der Waals surface area contributed by atoms with Crippen LogP contribution >= 0.6 is 11.6 Å². The van der Waals surface area contributed by atoms with Crippen LogP contribution in [0.25, 0.3) is 0 Å². The number of hydrogen-bond donors (Lipinski definition) is 0. The highest BCUT2D eigenvalue weighted by Crippen LogP contribution is 2.29. The van der Waals surface area contributed by atoms with E-state index in [4.69, 9.17) is 16.3 Å². The summed E-state index contributed by atoms with van der Waals surface area (Å²) in [4.78, 5) is 31.1. The topological polar surface area (TPSA) is 59.0 Å². The first-order chi connectivity index (χ1) is 14.6. The summed E-state index contributed by atoms with van der Waals surface area (Å²) in [6, 6.07) is 21.6. The monoisotopic (exact) mass is 418 g/mol. The van der Waals surface area contributed by atoms with Gasteiger partial charge in [-0.2, -0.15) is 4.99 Å². The fraction of sp³-hybridized carbons (Fsp3) is 0.125. The molecule has 0 aliphatic carbocycles. The fourth-order valence-corrected chi connectivity index (χ4v) is 3.47. The number of ether oxygens (including phenoxy) is 1. The quantitative estimate of drug-likeness (QED) is 0.551. The second-order valence-corrected chi connectivity index (χ2v) is 7.19. The van der Waals surface area contributed by atoms with Crippen molar-refractivity contribution in [3.8, 4) is 0 Å². The van der Waals surface area contributed by atoms with E-state index in [2.05, 4.69) is 4.99 Å². The molecule has 1 amide bonds. The second-order valence-electron chi connectivity index (χ2n) is 6.76. The van der Waals surface area contributed by atoms with Crippen molar-refractivity contribution in [3.63, 3.8) is 0 Å². The molecule has 3 aromatic carbocycles. The molecule has 5 nitrogen and oxygen atoms in total. The van der Waals surface area contributed by atoms with Gasteiger partial charge in [-0.15, -0.1) is 0 Å². The van der Waals surface area contributed by atoms with Gasteiger partial charge in [0.25, 0.3) is 5.91 Å². The molecule has 0 radical (unpaired) electrons. The maximum absolute atomic E-state index is 12.8. The van der Waals surface area contributed by atoms with Crippen molar-refractivity contribution in [2.24, 2.45) is 4.99 Å². The Kier molecular flexibility index (Phi) is 5.63. The summed E-state index contributed by atoms with van der Waals surface area (Å²) in [6.45, 7) is 2.68. The van der Waals surface area contributed by atoms with E-state index < -0.39 is 0 Å². The highest BCUT2D eigenvalue weighted by Gasteiger charge is 2.27. The number of carbonyl (C=O) groups is 2. The summed E-state index contributed by atoms with van der Waals surface area (Å²) in [6.07, 6.45) is 0. The van der Waals surface area contributed by atoms with E-state index in [1.165, 1.54) is 0 Å². The van der Waals surface area contributed by atoms with Gasteiger partial charge in [0.05, 0.1) is 18.7 Å². The Bertz CT molecular complexity index is 1120. The number of carbonyl (C=O) groups excluding carboxylic acids is 2. The average Bonchev–Trinajstić information content (AvgIpc) is 3.13. The average molecular weight is 419 g/mol. The van der Waals surface area contributed by atoms with Crippen LogP contribution in [0.3, 0.4) is 0 Å². The Labute approximate surface area is 179 Å². The minimum Gasteiger partial charge on any atom is -0.462 e. The van der Waals surface area contributed by atoms with Gasteiger partial charge in [0.2, 0.25) is 0 Å². The molecule has 150 valence electrons. The minimum atomic E-state index is -0.361. The van der Waals surface area contributed by atoms with E-state index in [9.17, 15) is 9.59 Å². The Morgan fingerprint density at radius 2 is 1.63 bits per heavy atom. The van der Waals surface area contributed by atoms with Gasteiger partial charge in [-0.05, 0) is 61.0 Å².